The highest BCUT2D eigenvalue weighted by atomic mass is 16.4. The summed E-state index contributed by atoms with van der Waals surface area (Å²) in [6, 6.07) is 14.5. The molecule has 0 unspecified atom stereocenters. The highest BCUT2D eigenvalue weighted by molar-refractivity contribution is 6.42. The van der Waals surface area contributed by atoms with Crippen LogP contribution in [0.15, 0.2) is 59.7 Å². The standard InChI is InChI=1S/C15H12N2O4/c18-14(19)11-8-4-5-9-12(11)16-17-13(15(20)21)10-6-2-1-3-7-10/h1-9,16H,(H,18,19)(H,20,21)/b17-13-. The zero-order chi connectivity index (χ0) is 15.2. The summed E-state index contributed by atoms with van der Waals surface area (Å²) in [6.45, 7) is 0. The van der Waals surface area contributed by atoms with E-state index in [9.17, 15) is 14.7 Å². The Labute approximate surface area is 120 Å². The molecule has 6 heteroatoms. The topological polar surface area (TPSA) is 99.0 Å². The Hall–Kier alpha value is -3.15. The number of hydrogen-bond acceptors (Lipinski definition) is 4. The van der Waals surface area contributed by atoms with E-state index in [4.69, 9.17) is 5.11 Å². The SMILES string of the molecule is O=C(O)/C(=N\Nc1ccccc1C(=O)O)c1ccccc1. The molecule has 0 aliphatic rings. The van der Waals surface area contributed by atoms with Crippen molar-refractivity contribution >= 4 is 23.3 Å². The lowest BCUT2D eigenvalue weighted by molar-refractivity contribution is -0.129. The third-order valence-corrected chi connectivity index (χ3v) is 2.70. The van der Waals surface area contributed by atoms with Crippen molar-refractivity contribution in [3.05, 3.63) is 65.7 Å². The predicted octanol–water partition coefficient (Wildman–Crippen LogP) is 2.29. The molecule has 0 atom stereocenters. The van der Waals surface area contributed by atoms with Crippen LogP contribution in [0.25, 0.3) is 0 Å². The third kappa shape index (κ3) is 3.44. The molecule has 0 aliphatic heterocycles. The molecule has 0 aliphatic carbocycles. The average Bonchev–Trinajstić information content (AvgIpc) is 2.48. The van der Waals surface area contributed by atoms with Crippen molar-refractivity contribution in [3.8, 4) is 0 Å². The van der Waals surface area contributed by atoms with Gasteiger partial charge in [0.05, 0.1) is 11.3 Å². The van der Waals surface area contributed by atoms with Crippen LogP contribution in [-0.2, 0) is 4.79 Å². The van der Waals surface area contributed by atoms with Gasteiger partial charge >= 0.3 is 11.9 Å². The molecule has 0 spiro atoms. The lowest BCUT2D eigenvalue weighted by Crippen LogP contribution is -2.16. The minimum absolute atomic E-state index is 0.0130. The Balaban J connectivity index is 2.34. The summed E-state index contributed by atoms with van der Waals surface area (Å²) in [7, 11) is 0. The Morgan fingerprint density at radius 2 is 1.52 bits per heavy atom. The number of nitrogens with zero attached hydrogens (tertiary/aromatic N) is 1. The van der Waals surface area contributed by atoms with Gasteiger partial charge in [-0.3, -0.25) is 5.43 Å². The molecular formula is C15H12N2O4. The molecule has 2 aromatic rings. The van der Waals surface area contributed by atoms with Crippen LogP contribution in [0.2, 0.25) is 0 Å². The van der Waals surface area contributed by atoms with Crippen molar-refractivity contribution in [2.45, 2.75) is 0 Å². The highest BCUT2D eigenvalue weighted by Gasteiger charge is 2.13. The quantitative estimate of drug-likeness (QED) is 0.578. The van der Waals surface area contributed by atoms with Crippen molar-refractivity contribution < 1.29 is 19.8 Å². The predicted molar refractivity (Wildman–Crippen MR) is 77.6 cm³/mol. The molecule has 0 radical (unpaired) electrons. The number of hydrogen-bond donors (Lipinski definition) is 3. The molecule has 21 heavy (non-hydrogen) atoms. The Morgan fingerprint density at radius 1 is 0.905 bits per heavy atom. The van der Waals surface area contributed by atoms with Crippen LogP contribution in [0.4, 0.5) is 5.69 Å². The van der Waals surface area contributed by atoms with Crippen molar-refractivity contribution in [3.63, 3.8) is 0 Å². The minimum atomic E-state index is -1.21. The normalized spacial score (nSPS) is 11.0. The van der Waals surface area contributed by atoms with Crippen LogP contribution in [0.3, 0.4) is 0 Å². The highest BCUT2D eigenvalue weighted by Crippen LogP contribution is 2.15. The molecule has 2 rings (SSSR count). The van der Waals surface area contributed by atoms with E-state index in [0.29, 0.717) is 5.56 Å². The Bertz CT molecular complexity index is 696. The van der Waals surface area contributed by atoms with Crippen LogP contribution in [0.1, 0.15) is 15.9 Å². The van der Waals surface area contributed by atoms with Crippen molar-refractivity contribution in [2.75, 3.05) is 5.43 Å². The molecule has 6 nitrogen and oxygen atoms in total. The van der Waals surface area contributed by atoms with Gasteiger partial charge in [0.15, 0.2) is 5.71 Å². The second-order valence-corrected chi connectivity index (χ2v) is 4.09. The fourth-order valence-electron chi connectivity index (χ4n) is 1.72. The number of nitrogens with one attached hydrogen (secondary N) is 1. The molecule has 3 N–H and O–H groups in total. The van der Waals surface area contributed by atoms with Crippen molar-refractivity contribution in [2.24, 2.45) is 5.10 Å². The maximum Gasteiger partial charge on any atom is 0.356 e. The summed E-state index contributed by atoms with van der Waals surface area (Å²) in [5.41, 5.74) is 2.96. The first-order valence-electron chi connectivity index (χ1n) is 6.04. The number of anilines is 1. The number of carbonyl (C=O) groups is 2. The number of para-hydroxylation sites is 1. The number of rotatable bonds is 5. The van der Waals surface area contributed by atoms with Gasteiger partial charge < -0.3 is 10.2 Å². The molecule has 0 amide bonds. The van der Waals surface area contributed by atoms with E-state index in [1.165, 1.54) is 12.1 Å². The molecule has 0 bridgehead atoms. The molecule has 0 heterocycles. The van der Waals surface area contributed by atoms with E-state index in [-0.39, 0.29) is 17.0 Å². The molecule has 2 aromatic carbocycles. The number of aromatic carboxylic acids is 1. The van der Waals surface area contributed by atoms with Crippen LogP contribution in [0.5, 0.6) is 0 Å². The van der Waals surface area contributed by atoms with Crippen LogP contribution in [-0.4, -0.2) is 27.9 Å². The summed E-state index contributed by atoms with van der Waals surface area (Å²) in [5, 5.41) is 22.1. The molecule has 106 valence electrons. The third-order valence-electron chi connectivity index (χ3n) is 2.70. The number of benzene rings is 2. The summed E-state index contributed by atoms with van der Waals surface area (Å²) in [5.74, 6) is -2.33. The molecular weight excluding hydrogens is 272 g/mol. The van der Waals surface area contributed by atoms with E-state index in [1.807, 2.05) is 0 Å². The first-order valence-corrected chi connectivity index (χ1v) is 6.04. The first kappa shape index (κ1) is 14.3. The second-order valence-electron chi connectivity index (χ2n) is 4.09. The van der Waals surface area contributed by atoms with E-state index >= 15 is 0 Å². The van der Waals surface area contributed by atoms with E-state index < -0.39 is 11.9 Å². The smallest absolute Gasteiger partial charge is 0.356 e. The summed E-state index contributed by atoms with van der Waals surface area (Å²) >= 11 is 0. The monoisotopic (exact) mass is 284 g/mol. The summed E-state index contributed by atoms with van der Waals surface area (Å²) < 4.78 is 0. The van der Waals surface area contributed by atoms with Gasteiger partial charge in [0.1, 0.15) is 0 Å². The molecule has 0 aromatic heterocycles. The van der Waals surface area contributed by atoms with E-state index in [1.54, 1.807) is 42.5 Å². The fraction of sp³-hybridized carbons (Fsp3) is 0. The summed E-state index contributed by atoms with van der Waals surface area (Å²) in [4.78, 5) is 22.3. The number of aliphatic carboxylic acids is 1. The van der Waals surface area contributed by atoms with E-state index in [2.05, 4.69) is 10.5 Å². The Morgan fingerprint density at radius 3 is 2.14 bits per heavy atom. The van der Waals surface area contributed by atoms with Crippen molar-refractivity contribution in [1.82, 2.24) is 0 Å². The van der Waals surface area contributed by atoms with Gasteiger partial charge in [-0.2, -0.15) is 5.10 Å². The van der Waals surface area contributed by atoms with E-state index in [0.717, 1.165) is 0 Å². The maximum atomic E-state index is 11.3. The first-order chi connectivity index (χ1) is 10.1. The maximum absolute atomic E-state index is 11.3. The van der Waals surface area contributed by atoms with Gasteiger partial charge in [-0.1, -0.05) is 42.5 Å². The van der Waals surface area contributed by atoms with Crippen LogP contribution in [0, 0.1) is 0 Å². The summed E-state index contributed by atoms with van der Waals surface area (Å²) in [6.07, 6.45) is 0. The van der Waals surface area contributed by atoms with Gasteiger partial charge in [0, 0.05) is 5.56 Å². The Kier molecular flexibility index (Phi) is 4.30. The largest absolute Gasteiger partial charge is 0.478 e. The van der Waals surface area contributed by atoms with Gasteiger partial charge in [0.25, 0.3) is 0 Å². The average molecular weight is 284 g/mol. The lowest BCUT2D eigenvalue weighted by atomic mass is 10.1. The number of carboxylic acid groups (broad SMARTS) is 2. The van der Waals surface area contributed by atoms with Crippen LogP contribution < -0.4 is 5.43 Å². The van der Waals surface area contributed by atoms with Crippen LogP contribution >= 0.6 is 0 Å². The van der Waals surface area contributed by atoms with Gasteiger partial charge in [-0.05, 0) is 12.1 Å². The molecule has 0 fully saturated rings. The zero-order valence-corrected chi connectivity index (χ0v) is 10.9. The second kappa shape index (κ2) is 6.33. The zero-order valence-electron chi connectivity index (χ0n) is 10.9. The molecule has 0 saturated heterocycles. The number of hydrazone groups is 1. The fourth-order valence-corrected chi connectivity index (χ4v) is 1.72. The number of carboxylic acids is 2. The van der Waals surface area contributed by atoms with Gasteiger partial charge in [0.2, 0.25) is 0 Å². The molecule has 0 saturated carbocycles. The lowest BCUT2D eigenvalue weighted by Gasteiger charge is -2.06. The van der Waals surface area contributed by atoms with Crippen molar-refractivity contribution in [1.29, 1.82) is 0 Å². The van der Waals surface area contributed by atoms with Gasteiger partial charge in [-0.25, -0.2) is 9.59 Å². The van der Waals surface area contributed by atoms with Gasteiger partial charge in [-0.15, -0.1) is 0 Å². The minimum Gasteiger partial charge on any atom is -0.478 e.